The van der Waals surface area contributed by atoms with E-state index in [1.165, 1.54) is 28.8 Å². The summed E-state index contributed by atoms with van der Waals surface area (Å²) in [5, 5.41) is 3.12. The molecule has 0 radical (unpaired) electrons. The number of rotatable bonds is 3. The zero-order chi connectivity index (χ0) is 19.0. The number of nitrogens with one attached hydrogen (secondary N) is 1. The van der Waals surface area contributed by atoms with Crippen LogP contribution < -0.4 is 5.32 Å². The Kier molecular flexibility index (Phi) is 4.44. The number of hydrogen-bond acceptors (Lipinski definition) is 5. The second-order valence-electron chi connectivity index (χ2n) is 5.96. The van der Waals surface area contributed by atoms with Crippen LogP contribution in [-0.4, -0.2) is 28.2 Å². The molecule has 2 amide bonds. The van der Waals surface area contributed by atoms with Crippen LogP contribution in [0.5, 0.6) is 0 Å². The fourth-order valence-electron chi connectivity index (χ4n) is 2.82. The standard InChI is InChI=1S/C18H13F2N3O3S/c19-11-1-2-12(13(20)7-11)17(25)23-5-3-14-15(8-23)27-18(21-14)22-16(24)10-4-6-26-9-10/h1-2,4,6-7,9H,3,5,8H2,(H,21,22,24). The van der Waals surface area contributed by atoms with Gasteiger partial charge in [0.15, 0.2) is 5.13 Å². The molecule has 27 heavy (non-hydrogen) atoms. The summed E-state index contributed by atoms with van der Waals surface area (Å²) in [5.74, 6) is -2.46. The number of thiazole rings is 1. The molecule has 0 saturated carbocycles. The summed E-state index contributed by atoms with van der Waals surface area (Å²) < 4.78 is 31.8. The second kappa shape index (κ2) is 6.92. The Hall–Kier alpha value is -3.07. The monoisotopic (exact) mass is 389 g/mol. The molecule has 3 aromatic rings. The molecular formula is C18H13F2N3O3S. The molecule has 0 spiro atoms. The van der Waals surface area contributed by atoms with Crippen molar-refractivity contribution in [2.45, 2.75) is 13.0 Å². The maximum absolute atomic E-state index is 13.9. The highest BCUT2D eigenvalue weighted by atomic mass is 32.1. The van der Waals surface area contributed by atoms with Gasteiger partial charge >= 0.3 is 0 Å². The minimum Gasteiger partial charge on any atom is -0.472 e. The summed E-state index contributed by atoms with van der Waals surface area (Å²) in [4.78, 5) is 31.3. The maximum atomic E-state index is 13.9. The van der Waals surface area contributed by atoms with Gasteiger partial charge in [-0.3, -0.25) is 14.9 Å². The molecule has 1 aliphatic rings. The van der Waals surface area contributed by atoms with Crippen LogP contribution >= 0.6 is 11.3 Å². The second-order valence-corrected chi connectivity index (χ2v) is 7.04. The molecule has 3 heterocycles. The van der Waals surface area contributed by atoms with Crippen LogP contribution in [0.3, 0.4) is 0 Å². The first-order valence-corrected chi connectivity index (χ1v) is 8.89. The first-order valence-electron chi connectivity index (χ1n) is 8.07. The Morgan fingerprint density at radius 2 is 2.11 bits per heavy atom. The SMILES string of the molecule is O=C(Nc1nc2c(s1)CN(C(=O)c1ccc(F)cc1F)CC2)c1ccoc1. The quantitative estimate of drug-likeness (QED) is 0.744. The Morgan fingerprint density at radius 1 is 1.26 bits per heavy atom. The minimum absolute atomic E-state index is 0.169. The first kappa shape index (κ1) is 17.3. The third-order valence-electron chi connectivity index (χ3n) is 4.18. The maximum Gasteiger partial charge on any atom is 0.260 e. The van der Waals surface area contributed by atoms with Gasteiger partial charge in [0, 0.05) is 23.9 Å². The van der Waals surface area contributed by atoms with Gasteiger partial charge in [0.2, 0.25) is 0 Å². The zero-order valence-electron chi connectivity index (χ0n) is 13.9. The summed E-state index contributed by atoms with van der Waals surface area (Å²) in [7, 11) is 0. The van der Waals surface area contributed by atoms with Gasteiger partial charge in [0.25, 0.3) is 11.8 Å². The highest BCUT2D eigenvalue weighted by Crippen LogP contribution is 2.29. The van der Waals surface area contributed by atoms with E-state index in [0.29, 0.717) is 29.7 Å². The molecule has 0 aliphatic carbocycles. The largest absolute Gasteiger partial charge is 0.472 e. The van der Waals surface area contributed by atoms with Gasteiger partial charge in [-0.25, -0.2) is 13.8 Å². The van der Waals surface area contributed by atoms with Crippen molar-refractivity contribution in [1.29, 1.82) is 0 Å². The Balaban J connectivity index is 1.49. The number of anilines is 1. The number of benzene rings is 1. The van der Waals surface area contributed by atoms with Crippen molar-refractivity contribution in [2.24, 2.45) is 0 Å². The van der Waals surface area contributed by atoms with E-state index in [1.54, 1.807) is 6.07 Å². The van der Waals surface area contributed by atoms with Gasteiger partial charge in [0.05, 0.1) is 29.6 Å². The van der Waals surface area contributed by atoms with Crippen LogP contribution in [0.15, 0.2) is 41.2 Å². The van der Waals surface area contributed by atoms with Crippen LogP contribution in [0.1, 0.15) is 31.3 Å². The molecule has 1 aliphatic heterocycles. The van der Waals surface area contributed by atoms with E-state index in [1.807, 2.05) is 0 Å². The summed E-state index contributed by atoms with van der Waals surface area (Å²) in [6.45, 7) is 0.617. The predicted octanol–water partition coefficient (Wildman–Crippen LogP) is 3.47. The third kappa shape index (κ3) is 3.45. The fraction of sp³-hybridized carbons (Fsp3) is 0.167. The number of halogens is 2. The van der Waals surface area contributed by atoms with E-state index in [2.05, 4.69) is 10.3 Å². The van der Waals surface area contributed by atoms with E-state index in [0.717, 1.165) is 22.7 Å². The van der Waals surface area contributed by atoms with Crippen LogP contribution in [0.25, 0.3) is 0 Å². The molecular weight excluding hydrogens is 376 g/mol. The molecule has 0 saturated heterocycles. The lowest BCUT2D eigenvalue weighted by Crippen LogP contribution is -2.36. The number of furan rings is 1. The molecule has 0 fully saturated rings. The average Bonchev–Trinajstić information content (AvgIpc) is 3.30. The molecule has 4 rings (SSSR count). The van der Waals surface area contributed by atoms with Gasteiger partial charge in [-0.05, 0) is 18.2 Å². The van der Waals surface area contributed by atoms with Gasteiger partial charge in [0.1, 0.15) is 17.9 Å². The van der Waals surface area contributed by atoms with Crippen molar-refractivity contribution < 1.29 is 22.8 Å². The number of carbonyl (C=O) groups is 2. The molecule has 9 heteroatoms. The average molecular weight is 389 g/mol. The van der Waals surface area contributed by atoms with Crippen LogP contribution in [0, 0.1) is 11.6 Å². The topological polar surface area (TPSA) is 75.4 Å². The van der Waals surface area contributed by atoms with Crippen molar-refractivity contribution in [3.8, 4) is 0 Å². The number of hydrogen-bond donors (Lipinski definition) is 1. The molecule has 138 valence electrons. The number of fused-ring (bicyclic) bond motifs is 1. The van der Waals surface area contributed by atoms with Crippen molar-refractivity contribution >= 4 is 28.3 Å². The summed E-state index contributed by atoms with van der Waals surface area (Å²) in [6.07, 6.45) is 3.22. The Morgan fingerprint density at radius 3 is 2.85 bits per heavy atom. The number of carbonyl (C=O) groups excluding carboxylic acids is 2. The number of aromatic nitrogens is 1. The van der Waals surface area contributed by atoms with Crippen LogP contribution in [-0.2, 0) is 13.0 Å². The fourth-order valence-corrected chi connectivity index (χ4v) is 3.84. The van der Waals surface area contributed by atoms with Crippen molar-refractivity contribution in [1.82, 2.24) is 9.88 Å². The van der Waals surface area contributed by atoms with E-state index >= 15 is 0 Å². The van der Waals surface area contributed by atoms with E-state index < -0.39 is 17.5 Å². The van der Waals surface area contributed by atoms with Crippen molar-refractivity contribution in [2.75, 3.05) is 11.9 Å². The number of nitrogens with zero attached hydrogens (tertiary/aromatic N) is 2. The Labute approximate surface area is 156 Å². The van der Waals surface area contributed by atoms with Crippen LogP contribution in [0.2, 0.25) is 0 Å². The molecule has 1 aromatic carbocycles. The molecule has 0 unspecified atom stereocenters. The molecule has 1 N–H and O–H groups in total. The summed E-state index contributed by atoms with van der Waals surface area (Å²) >= 11 is 1.26. The lowest BCUT2D eigenvalue weighted by Gasteiger charge is -2.26. The smallest absolute Gasteiger partial charge is 0.260 e. The highest BCUT2D eigenvalue weighted by molar-refractivity contribution is 7.15. The molecule has 0 atom stereocenters. The van der Waals surface area contributed by atoms with Crippen LogP contribution in [0.4, 0.5) is 13.9 Å². The third-order valence-corrected chi connectivity index (χ3v) is 5.18. The molecule has 2 aromatic heterocycles. The first-order chi connectivity index (χ1) is 13.0. The lowest BCUT2D eigenvalue weighted by atomic mass is 10.1. The molecule has 6 nitrogen and oxygen atoms in total. The summed E-state index contributed by atoms with van der Waals surface area (Å²) in [5.41, 5.74) is 1.01. The zero-order valence-corrected chi connectivity index (χ0v) is 14.7. The Bertz CT molecular complexity index is 1020. The van der Waals surface area contributed by atoms with Crippen molar-refractivity contribution in [3.63, 3.8) is 0 Å². The number of amides is 2. The van der Waals surface area contributed by atoms with Crippen molar-refractivity contribution in [3.05, 3.63) is 70.1 Å². The van der Waals surface area contributed by atoms with E-state index in [4.69, 9.17) is 4.42 Å². The van der Waals surface area contributed by atoms with E-state index in [9.17, 15) is 18.4 Å². The van der Waals surface area contributed by atoms with E-state index in [-0.39, 0.29) is 18.0 Å². The molecule has 0 bridgehead atoms. The van der Waals surface area contributed by atoms with Gasteiger partial charge in [-0.15, -0.1) is 0 Å². The van der Waals surface area contributed by atoms with Gasteiger partial charge < -0.3 is 9.32 Å². The lowest BCUT2D eigenvalue weighted by molar-refractivity contribution is 0.0731. The van der Waals surface area contributed by atoms with Gasteiger partial charge in [-0.2, -0.15) is 0 Å². The van der Waals surface area contributed by atoms with Gasteiger partial charge in [-0.1, -0.05) is 11.3 Å². The normalized spacial score (nSPS) is 13.3. The summed E-state index contributed by atoms with van der Waals surface area (Å²) in [6, 6.07) is 4.44. The predicted molar refractivity (Wildman–Crippen MR) is 93.6 cm³/mol. The highest BCUT2D eigenvalue weighted by Gasteiger charge is 2.27. The minimum atomic E-state index is -0.886.